The van der Waals surface area contributed by atoms with Crippen LogP contribution in [-0.2, 0) is 6.42 Å². The van der Waals surface area contributed by atoms with Gasteiger partial charge in [-0.2, -0.15) is 0 Å². The first-order chi connectivity index (χ1) is 23.8. The number of guanidine groups is 2. The molecule has 0 radical (unpaired) electrons. The lowest BCUT2D eigenvalue weighted by Crippen LogP contribution is -2.43. The summed E-state index contributed by atoms with van der Waals surface area (Å²) in [7, 11) is 0. The number of hydrogen-bond donors (Lipinski definition) is 2. The average Bonchev–Trinajstić information content (AvgIpc) is 3.61. The Morgan fingerprint density at radius 3 is 2.51 bits per heavy atom. The summed E-state index contributed by atoms with van der Waals surface area (Å²) in [6.45, 7) is 13.9. The number of hydrogen-bond acceptors (Lipinski definition) is 4. The van der Waals surface area contributed by atoms with Crippen LogP contribution in [0.4, 0.5) is 0 Å². The van der Waals surface area contributed by atoms with E-state index in [1.165, 1.54) is 105 Å². The molecule has 0 aromatic heterocycles. The van der Waals surface area contributed by atoms with Gasteiger partial charge in [0.2, 0.25) is 0 Å². The van der Waals surface area contributed by atoms with Crippen LogP contribution in [0.5, 0.6) is 0 Å². The van der Waals surface area contributed by atoms with Crippen LogP contribution >= 0.6 is 0 Å². The molecule has 4 atom stereocenters. The highest BCUT2D eigenvalue weighted by molar-refractivity contribution is 5.86. The van der Waals surface area contributed by atoms with Crippen LogP contribution in [0.2, 0.25) is 0 Å². The van der Waals surface area contributed by atoms with Gasteiger partial charge in [0.15, 0.2) is 11.9 Å². The molecule has 0 amide bonds. The zero-order chi connectivity index (χ0) is 34.2. The van der Waals surface area contributed by atoms with Crippen LogP contribution in [0.1, 0.15) is 122 Å². The number of nitrogens with two attached hydrogens (primary N) is 1. The van der Waals surface area contributed by atoms with Crippen LogP contribution in [0.3, 0.4) is 0 Å². The lowest BCUT2D eigenvalue weighted by molar-refractivity contribution is 0.141. The van der Waals surface area contributed by atoms with E-state index in [4.69, 9.17) is 10.7 Å². The third-order valence-corrected chi connectivity index (χ3v) is 12.9. The lowest BCUT2D eigenvalue weighted by Gasteiger charge is -2.42. The third kappa shape index (κ3) is 9.02. The molecule has 268 valence electrons. The van der Waals surface area contributed by atoms with Gasteiger partial charge in [-0.1, -0.05) is 120 Å². The molecule has 1 saturated heterocycles. The van der Waals surface area contributed by atoms with E-state index in [1.807, 2.05) is 0 Å². The minimum absolute atomic E-state index is 0.357. The Kier molecular flexibility index (Phi) is 12.3. The van der Waals surface area contributed by atoms with E-state index in [9.17, 15) is 5.41 Å². The van der Waals surface area contributed by atoms with Crippen LogP contribution in [0, 0.1) is 22.7 Å². The molecule has 3 fully saturated rings. The fourth-order valence-corrected chi connectivity index (χ4v) is 10.1. The Hall–Kier alpha value is -3.02. The third-order valence-electron chi connectivity index (χ3n) is 12.9. The number of aliphatic imine (C=N–C) groups is 1. The zero-order valence-electron chi connectivity index (χ0n) is 31.0. The number of rotatable bonds is 16. The van der Waals surface area contributed by atoms with Gasteiger partial charge in [0, 0.05) is 26.2 Å². The number of benzene rings is 2. The molecular formula is C43H66N6. The fraction of sp³-hybridized carbons (Fsp3) is 0.674. The summed E-state index contributed by atoms with van der Waals surface area (Å²) in [4.78, 5) is 12.0. The predicted molar refractivity (Wildman–Crippen MR) is 208 cm³/mol. The van der Waals surface area contributed by atoms with Gasteiger partial charge in [-0.15, -0.1) is 0 Å². The number of allylic oxidation sites excluding steroid dienone is 1. The minimum Gasteiger partial charge on any atom is -0.370 e. The molecule has 4 aliphatic rings. The Labute approximate surface area is 298 Å². The van der Waals surface area contributed by atoms with Crippen LogP contribution in [0.15, 0.2) is 59.6 Å². The molecule has 6 heteroatoms. The Balaban J connectivity index is 1.02. The van der Waals surface area contributed by atoms with Gasteiger partial charge in [0.05, 0.1) is 18.6 Å². The van der Waals surface area contributed by atoms with Gasteiger partial charge in [-0.3, -0.25) is 10.4 Å². The zero-order valence-corrected chi connectivity index (χ0v) is 31.0. The van der Waals surface area contributed by atoms with E-state index in [1.54, 1.807) is 0 Å². The number of unbranched alkanes of at least 4 members (excludes halogenated alkanes) is 2. The average molecular weight is 667 g/mol. The van der Waals surface area contributed by atoms with Gasteiger partial charge < -0.3 is 20.4 Å². The molecule has 2 aliphatic carbocycles. The summed E-state index contributed by atoms with van der Waals surface area (Å²) in [5.74, 6) is 3.17. The molecule has 6 nitrogen and oxygen atoms in total. The van der Waals surface area contributed by atoms with Crippen molar-refractivity contribution in [2.24, 2.45) is 28.0 Å². The summed E-state index contributed by atoms with van der Waals surface area (Å²) in [6.07, 6.45) is 21.5. The molecule has 2 saturated carbocycles. The van der Waals surface area contributed by atoms with Crippen molar-refractivity contribution in [3.8, 4) is 0 Å². The minimum atomic E-state index is 0.357. The van der Waals surface area contributed by atoms with Crippen LogP contribution in [-0.4, -0.2) is 71.4 Å². The van der Waals surface area contributed by atoms with Gasteiger partial charge in [0.25, 0.3) is 0 Å². The maximum atomic E-state index is 9.33. The smallest absolute Gasteiger partial charge is 0.194 e. The summed E-state index contributed by atoms with van der Waals surface area (Å²) in [5, 5.41) is 12.0. The Morgan fingerprint density at radius 2 is 1.69 bits per heavy atom. The molecular weight excluding hydrogens is 601 g/mol. The molecule has 0 bridgehead atoms. The normalized spacial score (nSPS) is 26.7. The van der Waals surface area contributed by atoms with Crippen molar-refractivity contribution < 1.29 is 0 Å². The number of nitrogens with zero attached hydrogens (tertiary/aromatic N) is 4. The molecule has 2 aromatic rings. The Bertz CT molecular complexity index is 1420. The van der Waals surface area contributed by atoms with Crippen molar-refractivity contribution in [1.82, 2.24) is 14.7 Å². The monoisotopic (exact) mass is 667 g/mol. The largest absolute Gasteiger partial charge is 0.370 e. The molecule has 6 rings (SSSR count). The van der Waals surface area contributed by atoms with Crippen molar-refractivity contribution in [2.45, 2.75) is 135 Å². The van der Waals surface area contributed by atoms with E-state index < -0.39 is 0 Å². The fourth-order valence-electron chi connectivity index (χ4n) is 10.1. The summed E-state index contributed by atoms with van der Waals surface area (Å²) < 4.78 is 0. The molecule has 2 unspecified atom stereocenters. The topological polar surface area (TPSA) is 72.0 Å². The first kappa shape index (κ1) is 35.8. The van der Waals surface area contributed by atoms with Crippen molar-refractivity contribution in [3.05, 3.63) is 60.2 Å². The second kappa shape index (κ2) is 16.8. The molecule has 3 N–H and O–H groups in total. The maximum absolute atomic E-state index is 9.33. The van der Waals surface area contributed by atoms with Gasteiger partial charge >= 0.3 is 0 Å². The van der Waals surface area contributed by atoms with Gasteiger partial charge in [-0.25, -0.2) is 0 Å². The Morgan fingerprint density at radius 1 is 0.918 bits per heavy atom. The van der Waals surface area contributed by atoms with E-state index >= 15 is 0 Å². The van der Waals surface area contributed by atoms with Crippen molar-refractivity contribution in [1.29, 1.82) is 5.41 Å². The highest BCUT2D eigenvalue weighted by atomic mass is 15.4. The lowest BCUT2D eigenvalue weighted by atomic mass is 9.65. The first-order valence-electron chi connectivity index (χ1n) is 20.1. The highest BCUT2D eigenvalue weighted by Gasteiger charge is 2.37. The van der Waals surface area contributed by atoms with Gasteiger partial charge in [-0.05, 0) is 91.4 Å². The summed E-state index contributed by atoms with van der Waals surface area (Å²) in [6, 6.07) is 16.3. The predicted octanol–water partition coefficient (Wildman–Crippen LogP) is 9.39. The second-order valence-corrected chi connectivity index (χ2v) is 16.5. The van der Waals surface area contributed by atoms with E-state index in [0.717, 1.165) is 82.2 Å². The molecule has 2 aliphatic heterocycles. The standard InChI is InChI=1S/C43H66N6/c1-4-43(29-33(2)27-34(3)30-43)23-26-48-38(31-46-41(48)44)21-11-12-24-47-32-39(28-37-20-14-19-36-18-8-9-22-40(36)37)49(42(47)45)25-13-10-17-35-15-6-5-7-16-35/h8-9,14,18-20,22,34-35,38-39,45H,2,4-7,10-13,15-17,21,23-32H2,1,3H3,(H2,44,46)/t34?,38-,39+,43?/m0/s1. The van der Waals surface area contributed by atoms with E-state index in [-0.39, 0.29) is 0 Å². The maximum Gasteiger partial charge on any atom is 0.194 e. The molecule has 2 aromatic carbocycles. The van der Waals surface area contributed by atoms with Crippen molar-refractivity contribution >= 4 is 22.7 Å². The second-order valence-electron chi connectivity index (χ2n) is 16.5. The van der Waals surface area contributed by atoms with Crippen molar-refractivity contribution in [2.75, 3.05) is 32.7 Å². The van der Waals surface area contributed by atoms with Crippen molar-refractivity contribution in [3.63, 3.8) is 0 Å². The van der Waals surface area contributed by atoms with Gasteiger partial charge in [0.1, 0.15) is 0 Å². The first-order valence-corrected chi connectivity index (χ1v) is 20.1. The number of nitrogens with one attached hydrogen (secondary N) is 1. The highest BCUT2D eigenvalue weighted by Crippen LogP contribution is 2.46. The SMILES string of the molecule is C=C1CC(C)CC(CC)(CCN2C(N)=NC[C@@H]2CCCCN2C[C@@H](Cc3cccc4ccccc34)N(CCCCC3CCCCC3)C2=N)C1. The quantitative estimate of drug-likeness (QED) is 0.138. The summed E-state index contributed by atoms with van der Waals surface area (Å²) in [5.41, 5.74) is 9.70. The van der Waals surface area contributed by atoms with Crippen LogP contribution < -0.4 is 5.73 Å². The number of fused-ring (bicyclic) bond motifs is 1. The molecule has 49 heavy (non-hydrogen) atoms. The van der Waals surface area contributed by atoms with E-state index in [2.05, 4.69) is 77.6 Å². The molecule has 2 heterocycles. The van der Waals surface area contributed by atoms with E-state index in [0.29, 0.717) is 17.5 Å². The summed E-state index contributed by atoms with van der Waals surface area (Å²) >= 11 is 0. The molecule has 0 spiro atoms. The van der Waals surface area contributed by atoms with Crippen LogP contribution in [0.25, 0.3) is 10.8 Å².